The number of amides is 1. The smallest absolute Gasteiger partial charge is 0.368 e. The van der Waals surface area contributed by atoms with Crippen molar-refractivity contribution in [1.29, 1.82) is 0 Å². The number of alkyl halides is 3. The minimum atomic E-state index is -4.41. The summed E-state index contributed by atoms with van der Waals surface area (Å²) in [4.78, 5) is 16.1. The van der Waals surface area contributed by atoms with Gasteiger partial charge in [-0.1, -0.05) is 12.1 Å². The van der Waals surface area contributed by atoms with Gasteiger partial charge in [0.2, 0.25) is 10.0 Å². The Bertz CT molecular complexity index is 1000. The van der Waals surface area contributed by atoms with E-state index in [1.165, 1.54) is 37.4 Å². The lowest BCUT2D eigenvalue weighted by molar-refractivity contribution is -0.137. The summed E-state index contributed by atoms with van der Waals surface area (Å²) >= 11 is 0. The number of carbonyl (C=O) groups is 1. The molecule has 2 aromatic rings. The summed E-state index contributed by atoms with van der Waals surface area (Å²) < 4.78 is 64.8. The lowest BCUT2D eigenvalue weighted by atomic mass is 10.1. The number of carbonyl (C=O) groups excluding carboxylic acids is 1. The van der Waals surface area contributed by atoms with Crippen LogP contribution in [0.15, 0.2) is 53.4 Å². The monoisotopic (exact) mass is 427 g/mol. The first-order chi connectivity index (χ1) is 13.6. The molecule has 1 aliphatic rings. The quantitative estimate of drug-likeness (QED) is 0.815. The SMILES string of the molecule is CNS(=O)(=O)c1cccc(C(=O)N2CCN(c3cccc(C(F)(F)F)c3)CC2)c1. The van der Waals surface area contributed by atoms with Crippen LogP contribution in [0.3, 0.4) is 0 Å². The fraction of sp³-hybridized carbons (Fsp3) is 0.316. The van der Waals surface area contributed by atoms with Gasteiger partial charge in [-0.25, -0.2) is 13.1 Å². The van der Waals surface area contributed by atoms with Crippen LogP contribution in [-0.2, 0) is 16.2 Å². The number of hydrogen-bond donors (Lipinski definition) is 1. The fourth-order valence-corrected chi connectivity index (χ4v) is 3.92. The molecule has 1 amide bonds. The molecule has 0 radical (unpaired) electrons. The molecule has 0 atom stereocenters. The summed E-state index contributed by atoms with van der Waals surface area (Å²) in [6.45, 7) is 1.39. The van der Waals surface area contributed by atoms with Gasteiger partial charge in [0.1, 0.15) is 0 Å². The van der Waals surface area contributed by atoms with Crippen LogP contribution in [-0.4, -0.2) is 52.5 Å². The predicted octanol–water partition coefficient (Wildman–Crippen LogP) is 2.58. The van der Waals surface area contributed by atoms with E-state index >= 15 is 0 Å². The maximum atomic E-state index is 12.9. The Balaban J connectivity index is 1.70. The van der Waals surface area contributed by atoms with Crippen LogP contribution in [0.5, 0.6) is 0 Å². The third-order valence-corrected chi connectivity index (χ3v) is 6.18. The van der Waals surface area contributed by atoms with E-state index in [4.69, 9.17) is 0 Å². The minimum Gasteiger partial charge on any atom is -0.368 e. The normalized spacial score (nSPS) is 15.4. The number of piperazine rings is 1. The molecule has 3 rings (SSSR count). The van der Waals surface area contributed by atoms with Crippen LogP contribution in [0.1, 0.15) is 15.9 Å². The molecule has 0 unspecified atom stereocenters. The highest BCUT2D eigenvalue weighted by atomic mass is 32.2. The summed E-state index contributed by atoms with van der Waals surface area (Å²) in [6, 6.07) is 10.8. The van der Waals surface area contributed by atoms with Crippen LogP contribution in [0.2, 0.25) is 0 Å². The number of nitrogens with zero attached hydrogens (tertiary/aromatic N) is 2. The van der Waals surface area contributed by atoms with E-state index in [0.717, 1.165) is 12.1 Å². The van der Waals surface area contributed by atoms with Gasteiger partial charge >= 0.3 is 6.18 Å². The van der Waals surface area contributed by atoms with Crippen molar-refractivity contribution in [3.05, 3.63) is 59.7 Å². The lowest BCUT2D eigenvalue weighted by Crippen LogP contribution is -2.48. The molecule has 0 spiro atoms. The number of rotatable bonds is 4. The molecule has 0 bridgehead atoms. The van der Waals surface area contributed by atoms with Gasteiger partial charge < -0.3 is 9.80 Å². The van der Waals surface area contributed by atoms with Gasteiger partial charge in [-0.15, -0.1) is 0 Å². The molecular weight excluding hydrogens is 407 g/mol. The zero-order chi connectivity index (χ0) is 21.2. The van der Waals surface area contributed by atoms with Crippen LogP contribution >= 0.6 is 0 Å². The van der Waals surface area contributed by atoms with Crippen molar-refractivity contribution < 1.29 is 26.4 Å². The summed E-state index contributed by atoms with van der Waals surface area (Å²) in [7, 11) is -2.38. The van der Waals surface area contributed by atoms with Crippen molar-refractivity contribution in [2.24, 2.45) is 0 Å². The van der Waals surface area contributed by atoms with E-state index in [2.05, 4.69) is 4.72 Å². The Kier molecular flexibility index (Phi) is 5.85. The van der Waals surface area contributed by atoms with Gasteiger partial charge in [-0.3, -0.25) is 4.79 Å². The van der Waals surface area contributed by atoms with Gasteiger partial charge in [-0.2, -0.15) is 13.2 Å². The summed E-state index contributed by atoms with van der Waals surface area (Å²) in [5.74, 6) is -0.318. The first-order valence-electron chi connectivity index (χ1n) is 8.87. The number of halogens is 3. The van der Waals surface area contributed by atoms with Crippen molar-refractivity contribution >= 4 is 21.6 Å². The largest absolute Gasteiger partial charge is 0.416 e. The van der Waals surface area contributed by atoms with Gasteiger partial charge in [0, 0.05) is 37.4 Å². The Morgan fingerprint density at radius 1 is 1.00 bits per heavy atom. The third-order valence-electron chi connectivity index (χ3n) is 4.77. The van der Waals surface area contributed by atoms with Gasteiger partial charge in [-0.05, 0) is 43.4 Å². The molecule has 0 saturated carbocycles. The van der Waals surface area contributed by atoms with Gasteiger partial charge in [0.25, 0.3) is 5.91 Å². The van der Waals surface area contributed by atoms with E-state index in [1.807, 2.05) is 0 Å². The average molecular weight is 427 g/mol. The molecule has 0 aliphatic carbocycles. The Morgan fingerprint density at radius 2 is 1.66 bits per heavy atom. The van der Waals surface area contributed by atoms with E-state index in [0.29, 0.717) is 31.9 Å². The van der Waals surface area contributed by atoms with Crippen molar-refractivity contribution in [1.82, 2.24) is 9.62 Å². The average Bonchev–Trinajstić information content (AvgIpc) is 2.73. The molecular formula is C19H20F3N3O3S. The van der Waals surface area contributed by atoms with Crippen molar-refractivity contribution in [3.63, 3.8) is 0 Å². The molecule has 1 N–H and O–H groups in total. The van der Waals surface area contributed by atoms with Crippen LogP contribution in [0, 0.1) is 0 Å². The van der Waals surface area contributed by atoms with Crippen molar-refractivity contribution in [3.8, 4) is 0 Å². The molecule has 1 heterocycles. The lowest BCUT2D eigenvalue weighted by Gasteiger charge is -2.36. The summed E-state index contributed by atoms with van der Waals surface area (Å²) in [5, 5.41) is 0. The minimum absolute atomic E-state index is 0.00606. The second-order valence-corrected chi connectivity index (χ2v) is 8.45. The second-order valence-electron chi connectivity index (χ2n) is 6.56. The molecule has 1 saturated heterocycles. The molecule has 1 aliphatic heterocycles. The van der Waals surface area contributed by atoms with Crippen LogP contribution < -0.4 is 9.62 Å². The second kappa shape index (κ2) is 8.03. The number of hydrogen-bond acceptors (Lipinski definition) is 4. The van der Waals surface area contributed by atoms with Crippen molar-refractivity contribution in [2.45, 2.75) is 11.1 Å². The maximum Gasteiger partial charge on any atom is 0.416 e. The van der Waals surface area contributed by atoms with Gasteiger partial charge in [0.15, 0.2) is 0 Å². The molecule has 0 aromatic heterocycles. The highest BCUT2D eigenvalue weighted by Crippen LogP contribution is 2.32. The number of sulfonamides is 1. The van der Waals surface area contributed by atoms with E-state index in [1.54, 1.807) is 15.9 Å². The zero-order valence-corrected chi connectivity index (χ0v) is 16.4. The van der Waals surface area contributed by atoms with Crippen LogP contribution in [0.4, 0.5) is 18.9 Å². The summed E-state index contributed by atoms with van der Waals surface area (Å²) in [5.41, 5.74) is -0.0149. The number of nitrogens with one attached hydrogen (secondary N) is 1. The van der Waals surface area contributed by atoms with Gasteiger partial charge in [0.05, 0.1) is 10.5 Å². The third kappa shape index (κ3) is 4.70. The zero-order valence-electron chi connectivity index (χ0n) is 15.6. The maximum absolute atomic E-state index is 12.9. The first-order valence-corrected chi connectivity index (χ1v) is 10.4. The van der Waals surface area contributed by atoms with E-state index in [-0.39, 0.29) is 16.4 Å². The molecule has 156 valence electrons. The topological polar surface area (TPSA) is 69.7 Å². The molecule has 2 aromatic carbocycles. The van der Waals surface area contributed by atoms with Crippen LogP contribution in [0.25, 0.3) is 0 Å². The highest BCUT2D eigenvalue weighted by molar-refractivity contribution is 7.89. The highest BCUT2D eigenvalue weighted by Gasteiger charge is 2.31. The van der Waals surface area contributed by atoms with Crippen molar-refractivity contribution in [2.75, 3.05) is 38.1 Å². The fourth-order valence-electron chi connectivity index (χ4n) is 3.14. The number of anilines is 1. The Labute approximate surface area is 167 Å². The van der Waals surface area contributed by atoms with E-state index < -0.39 is 21.8 Å². The number of benzene rings is 2. The molecule has 1 fully saturated rings. The predicted molar refractivity (Wildman–Crippen MR) is 102 cm³/mol. The molecule has 6 nitrogen and oxygen atoms in total. The summed E-state index contributed by atoms with van der Waals surface area (Å²) in [6.07, 6.45) is -4.41. The molecule has 10 heteroatoms. The first kappa shape index (κ1) is 21.1. The molecule has 29 heavy (non-hydrogen) atoms. The van der Waals surface area contributed by atoms with E-state index in [9.17, 15) is 26.4 Å². The Hall–Kier alpha value is -2.59. The standard InChI is InChI=1S/C19H20F3N3O3S/c1-23-29(27,28)17-7-2-4-14(12-17)18(26)25-10-8-24(9-11-25)16-6-3-5-15(13-16)19(20,21)22/h2-7,12-13,23H,8-11H2,1H3. The Morgan fingerprint density at radius 3 is 2.28 bits per heavy atom.